The van der Waals surface area contributed by atoms with Gasteiger partial charge in [-0.05, 0) is 74.7 Å². The zero-order chi connectivity index (χ0) is 33.9. The number of rotatable bonds is 7. The van der Waals surface area contributed by atoms with Gasteiger partial charge in [0.25, 0.3) is 0 Å². The van der Waals surface area contributed by atoms with Crippen LogP contribution in [0, 0.1) is 28.6 Å². The summed E-state index contributed by atoms with van der Waals surface area (Å²) in [6.07, 6.45) is 1.37. The minimum absolute atomic E-state index is 0.00828. The van der Waals surface area contributed by atoms with Crippen LogP contribution in [0.15, 0.2) is 11.6 Å². The second-order valence-corrected chi connectivity index (χ2v) is 14.7. The Bertz CT molecular complexity index is 1340. The Morgan fingerprint density at radius 3 is 2.21 bits per heavy atom. The average Bonchev–Trinajstić information content (AvgIpc) is 3.54. The molecule has 260 valence electrons. The first-order valence-electron chi connectivity index (χ1n) is 16.7. The predicted molar refractivity (Wildman–Crippen MR) is 159 cm³/mol. The lowest BCUT2D eigenvalue weighted by atomic mass is 9.41. The van der Waals surface area contributed by atoms with Gasteiger partial charge in [0.05, 0.1) is 29.3 Å². The molecule has 0 radical (unpaired) electrons. The molecule has 0 bridgehead atoms. The molecule has 13 heteroatoms. The van der Waals surface area contributed by atoms with Crippen LogP contribution in [0.3, 0.4) is 0 Å². The lowest BCUT2D eigenvalue weighted by molar-refractivity contribution is -0.305. The highest BCUT2D eigenvalue weighted by molar-refractivity contribution is 5.85. The molecule has 0 unspecified atom stereocenters. The molecular formula is C34H46O13. The van der Waals surface area contributed by atoms with Gasteiger partial charge >= 0.3 is 23.9 Å². The number of carbonyl (C=O) groups excluding carboxylic acids is 5. The summed E-state index contributed by atoms with van der Waals surface area (Å²) in [5.74, 6) is -2.78. The van der Waals surface area contributed by atoms with E-state index in [0.717, 1.165) is 18.3 Å². The highest BCUT2D eigenvalue weighted by Gasteiger charge is 2.71. The van der Waals surface area contributed by atoms with E-state index in [9.17, 15) is 34.2 Å². The molecule has 4 aliphatic carbocycles. The molecule has 2 aliphatic heterocycles. The summed E-state index contributed by atoms with van der Waals surface area (Å²) in [6.45, 7) is 5.73. The fourth-order valence-electron chi connectivity index (χ4n) is 10.4. The van der Waals surface area contributed by atoms with Crippen molar-refractivity contribution in [1.29, 1.82) is 0 Å². The van der Waals surface area contributed by atoms with Crippen LogP contribution in [0.5, 0.6) is 0 Å². The molecule has 1 saturated heterocycles. The maximum Gasteiger partial charge on any atom is 0.331 e. The highest BCUT2D eigenvalue weighted by atomic mass is 16.7. The third-order valence-corrected chi connectivity index (χ3v) is 12.5. The van der Waals surface area contributed by atoms with Gasteiger partial charge in [0.15, 0.2) is 24.6 Å². The van der Waals surface area contributed by atoms with Crippen LogP contribution < -0.4 is 0 Å². The highest BCUT2D eigenvalue weighted by Crippen LogP contribution is 2.70. The Balaban J connectivity index is 1.21. The van der Waals surface area contributed by atoms with E-state index in [2.05, 4.69) is 6.92 Å². The maximum atomic E-state index is 13.2. The first-order valence-corrected chi connectivity index (χ1v) is 16.7. The molecule has 5 fully saturated rings. The van der Waals surface area contributed by atoms with Crippen molar-refractivity contribution in [1.82, 2.24) is 0 Å². The van der Waals surface area contributed by atoms with Crippen molar-refractivity contribution in [3.05, 3.63) is 11.6 Å². The summed E-state index contributed by atoms with van der Waals surface area (Å²) in [5.41, 5.74) is -3.14. The molecule has 2 heterocycles. The van der Waals surface area contributed by atoms with E-state index in [1.165, 1.54) is 20.8 Å². The third-order valence-electron chi connectivity index (χ3n) is 12.5. The predicted octanol–water partition coefficient (Wildman–Crippen LogP) is 2.07. The molecule has 0 amide bonds. The van der Waals surface area contributed by atoms with E-state index in [1.54, 1.807) is 6.08 Å². The Hall–Kier alpha value is -2.87. The molecule has 12 atom stereocenters. The van der Waals surface area contributed by atoms with Crippen molar-refractivity contribution in [2.24, 2.45) is 28.6 Å². The maximum absolute atomic E-state index is 13.2. The van der Waals surface area contributed by atoms with Gasteiger partial charge in [0.2, 0.25) is 0 Å². The number of esters is 4. The van der Waals surface area contributed by atoms with Crippen molar-refractivity contribution in [2.45, 2.75) is 127 Å². The standard InChI is InChI=1S/C34H46O13/c1-18(36)44-26-16-43-30(29(46-20(3)38)28(26)45-19(2)37)47-22-5-10-32(17-35)24-6-9-31(4)23(21-13-27(39)42-15-21)8-12-34(31,41)25(24)7-11-33(32,40)14-22/h13,17,22-26,28-30,40-41H,5-12,14-16H2,1-4H3/t22-,23+,24-,25+,26+,28-,29+,30-,31+,32-,33-,34-/m0/s1. The normalized spacial score (nSPS) is 45.7. The van der Waals surface area contributed by atoms with Gasteiger partial charge in [-0.1, -0.05) is 6.92 Å². The summed E-state index contributed by atoms with van der Waals surface area (Å²) in [7, 11) is 0. The fraction of sp³-hybridized carbons (Fsp3) is 0.794. The largest absolute Gasteiger partial charge is 0.458 e. The van der Waals surface area contributed by atoms with Gasteiger partial charge in [-0.2, -0.15) is 0 Å². The summed E-state index contributed by atoms with van der Waals surface area (Å²) < 4.78 is 33.6. The van der Waals surface area contributed by atoms with Crippen LogP contribution in [-0.4, -0.2) is 95.5 Å². The number of cyclic esters (lactones) is 1. The molecular weight excluding hydrogens is 616 g/mol. The molecule has 13 nitrogen and oxygen atoms in total. The van der Waals surface area contributed by atoms with Crippen LogP contribution >= 0.6 is 0 Å². The van der Waals surface area contributed by atoms with Crippen LogP contribution in [0.2, 0.25) is 0 Å². The van der Waals surface area contributed by atoms with E-state index in [4.69, 9.17) is 28.4 Å². The molecule has 2 N–H and O–H groups in total. The van der Waals surface area contributed by atoms with Crippen LogP contribution in [0.1, 0.15) is 85.5 Å². The summed E-state index contributed by atoms with van der Waals surface area (Å²) >= 11 is 0. The van der Waals surface area contributed by atoms with Crippen molar-refractivity contribution in [2.75, 3.05) is 13.2 Å². The number of hydrogen-bond acceptors (Lipinski definition) is 13. The minimum atomic E-state index is -1.42. The Morgan fingerprint density at radius 2 is 1.57 bits per heavy atom. The number of fused-ring (bicyclic) bond motifs is 5. The van der Waals surface area contributed by atoms with E-state index >= 15 is 0 Å². The first-order chi connectivity index (χ1) is 22.2. The minimum Gasteiger partial charge on any atom is -0.458 e. The van der Waals surface area contributed by atoms with Gasteiger partial charge in [-0.15, -0.1) is 0 Å². The first kappa shape index (κ1) is 34.0. The van der Waals surface area contributed by atoms with E-state index < -0.39 is 70.6 Å². The van der Waals surface area contributed by atoms with Gasteiger partial charge in [0.1, 0.15) is 12.9 Å². The quantitative estimate of drug-likeness (QED) is 0.175. The van der Waals surface area contributed by atoms with Crippen molar-refractivity contribution in [3.63, 3.8) is 0 Å². The number of aldehydes is 1. The van der Waals surface area contributed by atoms with E-state index in [-0.39, 0.29) is 49.8 Å². The molecule has 0 aromatic carbocycles. The molecule has 0 aromatic heterocycles. The average molecular weight is 663 g/mol. The Morgan fingerprint density at radius 1 is 0.894 bits per heavy atom. The molecule has 0 spiro atoms. The third kappa shape index (κ3) is 5.50. The van der Waals surface area contributed by atoms with Crippen LogP contribution in [0.4, 0.5) is 0 Å². The van der Waals surface area contributed by atoms with Crippen molar-refractivity contribution < 1.29 is 62.6 Å². The molecule has 6 rings (SSSR count). The summed E-state index contributed by atoms with van der Waals surface area (Å²) in [4.78, 5) is 60.9. The molecule has 47 heavy (non-hydrogen) atoms. The summed E-state index contributed by atoms with van der Waals surface area (Å²) in [5, 5.41) is 24.8. The lowest BCUT2D eigenvalue weighted by Crippen LogP contribution is -2.69. The number of hydrogen-bond donors (Lipinski definition) is 2. The zero-order valence-electron chi connectivity index (χ0n) is 27.4. The SMILES string of the molecule is CC(=O)O[C@@H]1[C@@H](OC(C)=O)[C@H](O[C@H]2CC[C@]3(C=O)[C@H]4CC[C@]5(C)[C@@H](C6=CC(=O)OC6)CC[C@]5(O)[C@@H]4CC[C@]3(O)C2)OC[C@H]1OC(C)=O. The zero-order valence-corrected chi connectivity index (χ0v) is 27.4. The van der Waals surface area contributed by atoms with Crippen LogP contribution in [-0.2, 0) is 52.4 Å². The molecule has 4 saturated carbocycles. The fourth-order valence-corrected chi connectivity index (χ4v) is 10.4. The molecule has 0 aromatic rings. The van der Waals surface area contributed by atoms with Gasteiger partial charge in [0, 0.05) is 38.7 Å². The number of carbonyl (C=O) groups is 5. The van der Waals surface area contributed by atoms with Gasteiger partial charge in [-0.25, -0.2) is 4.79 Å². The summed E-state index contributed by atoms with van der Waals surface area (Å²) in [6, 6.07) is 0. The smallest absolute Gasteiger partial charge is 0.331 e. The number of aliphatic hydroxyl groups is 2. The second-order valence-electron chi connectivity index (χ2n) is 14.7. The topological polar surface area (TPSA) is 181 Å². The van der Waals surface area contributed by atoms with Crippen molar-refractivity contribution >= 4 is 30.2 Å². The van der Waals surface area contributed by atoms with Crippen LogP contribution in [0.25, 0.3) is 0 Å². The lowest BCUT2D eigenvalue weighted by Gasteiger charge is -2.65. The van der Waals surface area contributed by atoms with Gasteiger partial charge < -0.3 is 43.4 Å². The van der Waals surface area contributed by atoms with Gasteiger partial charge in [-0.3, -0.25) is 14.4 Å². The van der Waals surface area contributed by atoms with E-state index in [0.29, 0.717) is 38.5 Å². The van der Waals surface area contributed by atoms with E-state index in [1.807, 2.05) is 0 Å². The monoisotopic (exact) mass is 662 g/mol. The Labute approximate surface area is 273 Å². The Kier molecular flexibility index (Phi) is 8.85. The second kappa shape index (κ2) is 12.2. The van der Waals surface area contributed by atoms with Crippen molar-refractivity contribution in [3.8, 4) is 0 Å². The molecule has 6 aliphatic rings. The number of ether oxygens (including phenoxy) is 6.